The zero-order chi connectivity index (χ0) is 13.1. The molecule has 0 aliphatic carbocycles. The highest BCUT2D eigenvalue weighted by Crippen LogP contribution is 2.31. The van der Waals surface area contributed by atoms with E-state index in [2.05, 4.69) is 49.3 Å². The predicted octanol–water partition coefficient (Wildman–Crippen LogP) is 5.17. The Bertz CT molecular complexity index is 537. The van der Waals surface area contributed by atoms with E-state index in [1.807, 2.05) is 37.4 Å². The fourth-order valence-corrected chi connectivity index (χ4v) is 3.53. The number of hydrogen-bond acceptors (Lipinski definition) is 1. The van der Waals surface area contributed by atoms with Gasteiger partial charge in [-0.05, 0) is 42.4 Å². The Labute approximate surface area is 129 Å². The highest BCUT2D eigenvalue weighted by atomic mass is 79.9. The predicted molar refractivity (Wildman–Crippen MR) is 84.2 cm³/mol. The summed E-state index contributed by atoms with van der Waals surface area (Å²) in [5.41, 5.74) is 2.23. The highest BCUT2D eigenvalue weighted by Gasteiger charge is 2.15. The van der Waals surface area contributed by atoms with Gasteiger partial charge >= 0.3 is 0 Å². The molecule has 0 saturated carbocycles. The second kappa shape index (κ2) is 6.20. The minimum atomic E-state index is 0.0764. The molecule has 0 bridgehead atoms. The van der Waals surface area contributed by atoms with Crippen molar-refractivity contribution < 1.29 is 0 Å². The van der Waals surface area contributed by atoms with Crippen LogP contribution in [0.4, 0.5) is 0 Å². The number of nitrogens with one attached hydrogen (secondary N) is 1. The number of halogens is 3. The summed E-state index contributed by atoms with van der Waals surface area (Å²) in [5.74, 6) is 0. The van der Waals surface area contributed by atoms with Crippen LogP contribution in [-0.2, 0) is 0 Å². The second-order valence-electron chi connectivity index (χ2n) is 3.95. The lowest BCUT2D eigenvalue weighted by Gasteiger charge is -2.19. The second-order valence-corrected chi connectivity index (χ2v) is 6.18. The van der Waals surface area contributed by atoms with Gasteiger partial charge in [0.15, 0.2) is 0 Å². The van der Waals surface area contributed by atoms with Gasteiger partial charge in [0.25, 0.3) is 0 Å². The van der Waals surface area contributed by atoms with Crippen LogP contribution in [0.3, 0.4) is 0 Å². The van der Waals surface area contributed by atoms with E-state index in [1.54, 1.807) is 0 Å². The number of rotatable bonds is 3. The lowest BCUT2D eigenvalue weighted by molar-refractivity contribution is 0.691. The van der Waals surface area contributed by atoms with Crippen molar-refractivity contribution in [1.82, 2.24) is 5.32 Å². The summed E-state index contributed by atoms with van der Waals surface area (Å²) in [6, 6.07) is 14.2. The van der Waals surface area contributed by atoms with Gasteiger partial charge in [0.1, 0.15) is 0 Å². The highest BCUT2D eigenvalue weighted by molar-refractivity contribution is 9.11. The fourth-order valence-electron chi connectivity index (χ4n) is 1.95. The number of benzene rings is 2. The van der Waals surface area contributed by atoms with Gasteiger partial charge in [-0.25, -0.2) is 0 Å². The molecule has 0 heterocycles. The van der Waals surface area contributed by atoms with Crippen molar-refractivity contribution in [2.75, 3.05) is 7.05 Å². The SMILES string of the molecule is CNC(c1cc(Br)cc(Br)c1)c1ccccc1Cl. The van der Waals surface area contributed by atoms with Crippen LogP contribution >= 0.6 is 43.5 Å². The maximum atomic E-state index is 6.26. The van der Waals surface area contributed by atoms with Gasteiger partial charge in [-0.15, -0.1) is 0 Å². The molecule has 18 heavy (non-hydrogen) atoms. The van der Waals surface area contributed by atoms with E-state index in [0.29, 0.717) is 0 Å². The van der Waals surface area contributed by atoms with Crippen LogP contribution in [0.15, 0.2) is 51.4 Å². The van der Waals surface area contributed by atoms with E-state index in [9.17, 15) is 0 Å². The first kappa shape index (κ1) is 14.1. The van der Waals surface area contributed by atoms with E-state index < -0.39 is 0 Å². The molecular formula is C14H12Br2ClN. The van der Waals surface area contributed by atoms with E-state index in [0.717, 1.165) is 25.1 Å². The van der Waals surface area contributed by atoms with E-state index in [4.69, 9.17) is 11.6 Å². The average molecular weight is 390 g/mol. The molecule has 1 N–H and O–H groups in total. The van der Waals surface area contributed by atoms with Crippen LogP contribution in [0.5, 0.6) is 0 Å². The molecule has 94 valence electrons. The molecule has 2 rings (SSSR count). The monoisotopic (exact) mass is 387 g/mol. The van der Waals surface area contributed by atoms with Gasteiger partial charge in [0.05, 0.1) is 6.04 Å². The Morgan fingerprint density at radius 1 is 1.06 bits per heavy atom. The van der Waals surface area contributed by atoms with Gasteiger partial charge in [-0.2, -0.15) is 0 Å². The summed E-state index contributed by atoms with van der Waals surface area (Å²) < 4.78 is 2.08. The van der Waals surface area contributed by atoms with Gasteiger partial charge in [-0.3, -0.25) is 0 Å². The summed E-state index contributed by atoms with van der Waals surface area (Å²) in [6.45, 7) is 0. The maximum absolute atomic E-state index is 6.26. The Hall–Kier alpha value is -0.350. The molecule has 2 aromatic carbocycles. The Kier molecular flexibility index (Phi) is 4.84. The van der Waals surface area contributed by atoms with Crippen LogP contribution < -0.4 is 5.32 Å². The molecular weight excluding hydrogens is 377 g/mol. The molecule has 2 aromatic rings. The molecule has 0 amide bonds. The molecule has 0 spiro atoms. The largest absolute Gasteiger partial charge is 0.309 e. The normalized spacial score (nSPS) is 12.4. The summed E-state index contributed by atoms with van der Waals surface area (Å²) in [6.07, 6.45) is 0. The quantitative estimate of drug-likeness (QED) is 0.763. The lowest BCUT2D eigenvalue weighted by Crippen LogP contribution is -2.18. The zero-order valence-corrected chi connectivity index (χ0v) is 13.7. The van der Waals surface area contributed by atoms with Crippen molar-refractivity contribution >= 4 is 43.5 Å². The minimum Gasteiger partial charge on any atom is -0.309 e. The maximum Gasteiger partial charge on any atom is 0.0589 e. The fraction of sp³-hybridized carbons (Fsp3) is 0.143. The Morgan fingerprint density at radius 3 is 2.22 bits per heavy atom. The first-order valence-electron chi connectivity index (χ1n) is 5.49. The molecule has 1 unspecified atom stereocenters. The smallest absolute Gasteiger partial charge is 0.0589 e. The van der Waals surface area contributed by atoms with Gasteiger partial charge in [0, 0.05) is 14.0 Å². The van der Waals surface area contributed by atoms with Crippen molar-refractivity contribution in [1.29, 1.82) is 0 Å². The van der Waals surface area contributed by atoms with Crippen LogP contribution in [-0.4, -0.2) is 7.05 Å². The standard InChI is InChI=1S/C14H12Br2ClN/c1-18-14(12-4-2-3-5-13(12)17)9-6-10(15)8-11(16)7-9/h2-8,14,18H,1H3. The molecule has 0 saturated heterocycles. The first-order chi connectivity index (χ1) is 8.61. The third-order valence-corrected chi connectivity index (χ3v) is 3.98. The summed E-state index contributed by atoms with van der Waals surface area (Å²) in [7, 11) is 1.93. The molecule has 4 heteroatoms. The molecule has 0 aromatic heterocycles. The van der Waals surface area contributed by atoms with E-state index in [-0.39, 0.29) is 6.04 Å². The zero-order valence-electron chi connectivity index (χ0n) is 9.75. The van der Waals surface area contributed by atoms with E-state index in [1.165, 1.54) is 0 Å². The topological polar surface area (TPSA) is 12.0 Å². The molecule has 0 aliphatic heterocycles. The lowest BCUT2D eigenvalue weighted by atomic mass is 9.99. The Morgan fingerprint density at radius 2 is 1.67 bits per heavy atom. The third kappa shape index (κ3) is 3.15. The average Bonchev–Trinajstić information content (AvgIpc) is 2.31. The third-order valence-electron chi connectivity index (χ3n) is 2.72. The summed E-state index contributed by atoms with van der Waals surface area (Å²) >= 11 is 13.3. The van der Waals surface area contributed by atoms with Crippen LogP contribution in [0.25, 0.3) is 0 Å². The van der Waals surface area contributed by atoms with Crippen molar-refractivity contribution in [2.45, 2.75) is 6.04 Å². The summed E-state index contributed by atoms with van der Waals surface area (Å²) in [4.78, 5) is 0. The molecule has 1 atom stereocenters. The molecule has 0 fully saturated rings. The molecule has 0 radical (unpaired) electrons. The Balaban J connectivity index is 2.48. The van der Waals surface area contributed by atoms with Crippen molar-refractivity contribution in [2.24, 2.45) is 0 Å². The summed E-state index contributed by atoms with van der Waals surface area (Å²) in [5, 5.41) is 4.08. The molecule has 1 nitrogen and oxygen atoms in total. The van der Waals surface area contributed by atoms with Crippen LogP contribution in [0, 0.1) is 0 Å². The van der Waals surface area contributed by atoms with Crippen LogP contribution in [0.2, 0.25) is 5.02 Å². The van der Waals surface area contributed by atoms with Crippen molar-refractivity contribution in [3.63, 3.8) is 0 Å². The van der Waals surface area contributed by atoms with Gasteiger partial charge in [0.2, 0.25) is 0 Å². The molecule has 0 aliphatic rings. The first-order valence-corrected chi connectivity index (χ1v) is 7.46. The van der Waals surface area contributed by atoms with Crippen molar-refractivity contribution in [3.8, 4) is 0 Å². The van der Waals surface area contributed by atoms with Gasteiger partial charge < -0.3 is 5.32 Å². The van der Waals surface area contributed by atoms with Crippen molar-refractivity contribution in [3.05, 3.63) is 67.6 Å². The number of hydrogen-bond donors (Lipinski definition) is 1. The van der Waals surface area contributed by atoms with Gasteiger partial charge in [-0.1, -0.05) is 61.7 Å². The minimum absolute atomic E-state index is 0.0764. The van der Waals surface area contributed by atoms with E-state index >= 15 is 0 Å². The van der Waals surface area contributed by atoms with Crippen LogP contribution in [0.1, 0.15) is 17.2 Å².